The van der Waals surface area contributed by atoms with E-state index in [0.29, 0.717) is 12.1 Å². The lowest BCUT2D eigenvalue weighted by Gasteiger charge is -2.18. The number of hydrogen-bond donors (Lipinski definition) is 0. The number of carbonyl (C=O) groups excluding carboxylic acids is 2. The second kappa shape index (κ2) is 6.61. The number of rotatable bonds is 3. The molecule has 0 saturated carbocycles. The fraction of sp³-hybridized carbons (Fsp3) is 0.227. The van der Waals surface area contributed by atoms with E-state index in [-0.39, 0.29) is 22.8 Å². The summed E-state index contributed by atoms with van der Waals surface area (Å²) in [6, 6.07) is 18.9. The summed E-state index contributed by atoms with van der Waals surface area (Å²) in [5.74, 6) is -0.621. The normalized spacial score (nSPS) is 15.5. The number of ketones is 1. The number of carbonyl (C=O) groups is 2. The fourth-order valence-corrected chi connectivity index (χ4v) is 3.04. The number of hydrogen-bond acceptors (Lipinski definition) is 3. The van der Waals surface area contributed by atoms with Crippen LogP contribution in [0.3, 0.4) is 0 Å². The van der Waals surface area contributed by atoms with Gasteiger partial charge in [-0.15, -0.1) is 0 Å². The molecule has 4 nitrogen and oxygen atoms in total. The maximum absolute atomic E-state index is 13.2. The smallest absolute Gasteiger partial charge is 0.260 e. The minimum Gasteiger partial charge on any atom is -0.303 e. The molecule has 0 aromatic heterocycles. The highest BCUT2D eigenvalue weighted by Crippen LogP contribution is 2.40. The van der Waals surface area contributed by atoms with Gasteiger partial charge in [-0.05, 0) is 11.6 Å². The van der Waals surface area contributed by atoms with Crippen LogP contribution in [0, 0.1) is 16.7 Å². The number of fused-ring (bicyclic) bond motifs is 1. The van der Waals surface area contributed by atoms with Crippen LogP contribution < -0.4 is 4.90 Å². The molecule has 0 atom stereocenters. The first kappa shape index (κ1) is 17.6. The zero-order valence-corrected chi connectivity index (χ0v) is 15.1. The molecule has 0 bridgehead atoms. The molecule has 0 spiro atoms. The molecule has 2 aromatic rings. The fourth-order valence-electron chi connectivity index (χ4n) is 3.04. The van der Waals surface area contributed by atoms with E-state index >= 15 is 0 Å². The van der Waals surface area contributed by atoms with Gasteiger partial charge in [-0.3, -0.25) is 9.59 Å². The maximum Gasteiger partial charge on any atom is 0.260 e. The van der Waals surface area contributed by atoms with Gasteiger partial charge in [0.1, 0.15) is 11.6 Å². The van der Waals surface area contributed by atoms with Crippen molar-refractivity contribution in [1.29, 1.82) is 5.26 Å². The molecule has 0 saturated heterocycles. The van der Waals surface area contributed by atoms with Crippen molar-refractivity contribution in [3.05, 3.63) is 71.3 Å². The van der Waals surface area contributed by atoms with Crippen LogP contribution in [0.2, 0.25) is 0 Å². The van der Waals surface area contributed by atoms with E-state index in [9.17, 15) is 14.9 Å². The highest BCUT2D eigenvalue weighted by molar-refractivity contribution is 6.37. The van der Waals surface area contributed by atoms with Crippen molar-refractivity contribution in [3.8, 4) is 6.07 Å². The van der Waals surface area contributed by atoms with E-state index < -0.39 is 5.41 Å². The molecule has 3 rings (SSSR count). The van der Waals surface area contributed by atoms with Crippen LogP contribution in [0.4, 0.5) is 5.69 Å². The Morgan fingerprint density at radius 2 is 1.65 bits per heavy atom. The third-order valence-corrected chi connectivity index (χ3v) is 4.38. The number of anilines is 1. The Hall–Kier alpha value is -3.19. The monoisotopic (exact) mass is 344 g/mol. The molecular formula is C22H20N2O2. The van der Waals surface area contributed by atoms with Gasteiger partial charge >= 0.3 is 0 Å². The van der Waals surface area contributed by atoms with Crippen LogP contribution in [-0.2, 0) is 16.1 Å². The summed E-state index contributed by atoms with van der Waals surface area (Å²) in [7, 11) is 0. The first-order valence-corrected chi connectivity index (χ1v) is 8.49. The van der Waals surface area contributed by atoms with E-state index in [1.165, 1.54) is 0 Å². The minimum atomic E-state index is -0.736. The SMILES string of the molecule is CC(C)(C)C(=O)C(C#N)=C1C(=O)N(Cc2ccccc2)c2ccccc21. The Labute approximate surface area is 153 Å². The molecule has 130 valence electrons. The van der Waals surface area contributed by atoms with Crippen molar-refractivity contribution in [2.75, 3.05) is 4.90 Å². The molecule has 0 radical (unpaired) electrons. The first-order chi connectivity index (χ1) is 12.3. The Bertz CT molecular complexity index is 944. The van der Waals surface area contributed by atoms with Gasteiger partial charge in [-0.2, -0.15) is 5.26 Å². The lowest BCUT2D eigenvalue weighted by molar-refractivity contribution is -0.122. The van der Waals surface area contributed by atoms with Crippen molar-refractivity contribution in [1.82, 2.24) is 0 Å². The largest absolute Gasteiger partial charge is 0.303 e. The van der Waals surface area contributed by atoms with Gasteiger partial charge in [-0.25, -0.2) is 0 Å². The van der Waals surface area contributed by atoms with Crippen LogP contribution in [0.15, 0.2) is 60.2 Å². The second-order valence-electron chi connectivity index (χ2n) is 7.33. The van der Waals surface area contributed by atoms with Crippen LogP contribution >= 0.6 is 0 Å². The molecule has 0 unspecified atom stereocenters. The zero-order chi connectivity index (χ0) is 18.9. The lowest BCUT2D eigenvalue weighted by Crippen LogP contribution is -2.28. The third-order valence-electron chi connectivity index (χ3n) is 4.38. The number of nitriles is 1. The van der Waals surface area contributed by atoms with Gasteiger partial charge in [0.2, 0.25) is 0 Å². The van der Waals surface area contributed by atoms with Crippen molar-refractivity contribution in [2.24, 2.45) is 5.41 Å². The molecule has 26 heavy (non-hydrogen) atoms. The van der Waals surface area contributed by atoms with Crippen LogP contribution in [0.25, 0.3) is 5.57 Å². The Kier molecular flexibility index (Phi) is 4.48. The quantitative estimate of drug-likeness (QED) is 0.621. The van der Waals surface area contributed by atoms with Gasteiger partial charge in [0.05, 0.1) is 17.8 Å². The topological polar surface area (TPSA) is 61.2 Å². The lowest BCUT2D eigenvalue weighted by atomic mass is 9.84. The summed E-state index contributed by atoms with van der Waals surface area (Å²) in [4.78, 5) is 27.5. The van der Waals surface area contributed by atoms with Gasteiger partial charge in [0, 0.05) is 11.0 Å². The zero-order valence-electron chi connectivity index (χ0n) is 15.1. The molecule has 1 aliphatic heterocycles. The third kappa shape index (κ3) is 3.04. The predicted octanol–water partition coefficient (Wildman–Crippen LogP) is 4.13. The van der Waals surface area contributed by atoms with Gasteiger partial charge in [0.25, 0.3) is 5.91 Å². The predicted molar refractivity (Wildman–Crippen MR) is 101 cm³/mol. The van der Waals surface area contributed by atoms with Gasteiger partial charge in [-0.1, -0.05) is 69.3 Å². The number of benzene rings is 2. The van der Waals surface area contributed by atoms with Crippen LogP contribution in [0.5, 0.6) is 0 Å². The second-order valence-corrected chi connectivity index (χ2v) is 7.33. The maximum atomic E-state index is 13.2. The molecule has 4 heteroatoms. The van der Waals surface area contributed by atoms with E-state index in [1.54, 1.807) is 31.7 Å². The molecule has 0 aliphatic carbocycles. The first-order valence-electron chi connectivity index (χ1n) is 8.49. The summed E-state index contributed by atoms with van der Waals surface area (Å²) in [5, 5.41) is 9.64. The average Bonchev–Trinajstić information content (AvgIpc) is 2.89. The molecule has 0 fully saturated rings. The Morgan fingerprint density at radius 1 is 1.04 bits per heavy atom. The number of nitrogens with zero attached hydrogens (tertiary/aromatic N) is 2. The van der Waals surface area contributed by atoms with Crippen molar-refractivity contribution >= 4 is 23.0 Å². The standard InChI is InChI=1S/C22H20N2O2/c1-22(2,3)20(25)17(13-23)19-16-11-7-8-12-18(16)24(21(19)26)14-15-9-5-4-6-10-15/h4-12H,14H2,1-3H3. The Morgan fingerprint density at radius 3 is 2.27 bits per heavy atom. The van der Waals surface area contributed by atoms with Crippen LogP contribution in [-0.4, -0.2) is 11.7 Å². The molecule has 1 aliphatic rings. The highest BCUT2D eigenvalue weighted by atomic mass is 16.2. The summed E-state index contributed by atoms with van der Waals surface area (Å²) >= 11 is 0. The van der Waals surface area contributed by atoms with Gasteiger partial charge < -0.3 is 4.90 Å². The molecule has 2 aromatic carbocycles. The van der Waals surface area contributed by atoms with E-state index in [2.05, 4.69) is 0 Å². The Balaban J connectivity index is 2.14. The highest BCUT2D eigenvalue weighted by Gasteiger charge is 2.38. The average molecular weight is 344 g/mol. The number of Topliss-reactive ketones (excluding diaryl/α,β-unsaturated/α-hetero) is 1. The van der Waals surface area contributed by atoms with E-state index in [0.717, 1.165) is 11.3 Å². The number of allylic oxidation sites excluding steroid dienone is 1. The van der Waals surface area contributed by atoms with Crippen molar-refractivity contribution < 1.29 is 9.59 Å². The van der Waals surface area contributed by atoms with Crippen molar-refractivity contribution in [2.45, 2.75) is 27.3 Å². The summed E-state index contributed by atoms with van der Waals surface area (Å²) in [6.45, 7) is 5.64. The van der Waals surface area contributed by atoms with Crippen molar-refractivity contribution in [3.63, 3.8) is 0 Å². The molecular weight excluding hydrogens is 324 g/mol. The summed E-state index contributed by atoms with van der Waals surface area (Å²) < 4.78 is 0. The summed E-state index contributed by atoms with van der Waals surface area (Å²) in [6.07, 6.45) is 0. The van der Waals surface area contributed by atoms with Crippen LogP contribution in [0.1, 0.15) is 31.9 Å². The molecule has 1 heterocycles. The minimum absolute atomic E-state index is 0.0643. The van der Waals surface area contributed by atoms with Gasteiger partial charge in [0.15, 0.2) is 5.78 Å². The van der Waals surface area contributed by atoms with E-state index in [4.69, 9.17) is 0 Å². The number of para-hydroxylation sites is 1. The van der Waals surface area contributed by atoms with E-state index in [1.807, 2.05) is 54.6 Å². The molecule has 0 N–H and O–H groups in total. The molecule has 1 amide bonds. The number of amides is 1. The summed E-state index contributed by atoms with van der Waals surface area (Å²) in [5.41, 5.74) is 1.76.